The molecule has 8 heteroatoms. The van der Waals surface area contributed by atoms with Crippen molar-refractivity contribution in [3.8, 4) is 0 Å². The average molecular weight is 292 g/mol. The summed E-state index contributed by atoms with van der Waals surface area (Å²) in [6.45, 7) is 0.497. The zero-order valence-corrected chi connectivity index (χ0v) is 11.8. The number of para-hydroxylation sites is 1. The van der Waals surface area contributed by atoms with Crippen LogP contribution in [0.15, 0.2) is 29.2 Å². The van der Waals surface area contributed by atoms with Crippen molar-refractivity contribution in [2.24, 2.45) is 0 Å². The number of hydrogen-bond acceptors (Lipinski definition) is 5. The van der Waals surface area contributed by atoms with Crippen LogP contribution in [-0.2, 0) is 19.9 Å². The third-order valence-electron chi connectivity index (χ3n) is 2.09. The number of benzene rings is 1. The monoisotopic (exact) mass is 292 g/mol. The van der Waals surface area contributed by atoms with E-state index in [1.165, 1.54) is 6.07 Å². The maximum absolute atomic E-state index is 11.5. The Labute approximate surface area is 107 Å². The first-order valence-corrected chi connectivity index (χ1v) is 8.96. The third kappa shape index (κ3) is 5.03. The van der Waals surface area contributed by atoms with E-state index in [-0.39, 0.29) is 11.4 Å². The molecule has 0 amide bonds. The Morgan fingerprint density at radius 2 is 1.61 bits per heavy atom. The maximum atomic E-state index is 11.5. The molecule has 2 N–H and O–H groups in total. The van der Waals surface area contributed by atoms with Gasteiger partial charge in [-0.2, -0.15) is 0 Å². The van der Waals surface area contributed by atoms with Crippen molar-refractivity contribution in [3.63, 3.8) is 0 Å². The van der Waals surface area contributed by atoms with Gasteiger partial charge in [-0.1, -0.05) is 12.1 Å². The smallest absolute Gasteiger partial charge is 0.208 e. The van der Waals surface area contributed by atoms with E-state index in [1.807, 2.05) is 0 Å². The van der Waals surface area contributed by atoms with Crippen LogP contribution in [0.25, 0.3) is 0 Å². The number of nitrogens with one attached hydrogen (secondary N) is 2. The molecule has 0 unspecified atom stereocenters. The van der Waals surface area contributed by atoms with Gasteiger partial charge >= 0.3 is 0 Å². The molecular weight excluding hydrogens is 276 g/mol. The lowest BCUT2D eigenvalue weighted by atomic mass is 10.3. The third-order valence-corrected chi connectivity index (χ3v) is 3.97. The quantitative estimate of drug-likeness (QED) is 0.723. The van der Waals surface area contributed by atoms with E-state index in [0.717, 1.165) is 12.5 Å². The van der Waals surface area contributed by atoms with Crippen LogP contribution in [0.2, 0.25) is 0 Å². The molecule has 0 bridgehead atoms. The van der Waals surface area contributed by atoms with Gasteiger partial charge in [-0.15, -0.1) is 0 Å². The van der Waals surface area contributed by atoms with E-state index < -0.39 is 19.9 Å². The van der Waals surface area contributed by atoms with Gasteiger partial charge < -0.3 is 5.32 Å². The van der Waals surface area contributed by atoms with Crippen molar-refractivity contribution in [1.82, 2.24) is 4.72 Å². The van der Waals surface area contributed by atoms with Crippen molar-refractivity contribution >= 4 is 25.5 Å². The highest BCUT2D eigenvalue weighted by Crippen LogP contribution is 2.19. The fourth-order valence-electron chi connectivity index (χ4n) is 1.37. The topological polar surface area (TPSA) is 92.3 Å². The minimum absolute atomic E-state index is 0.191. The lowest BCUT2D eigenvalue weighted by Crippen LogP contribution is -2.27. The van der Waals surface area contributed by atoms with Crippen molar-refractivity contribution in [2.45, 2.75) is 4.90 Å². The van der Waals surface area contributed by atoms with Crippen molar-refractivity contribution in [1.29, 1.82) is 0 Å². The molecule has 0 aromatic heterocycles. The summed E-state index contributed by atoms with van der Waals surface area (Å²) in [7, 11) is -6.53. The lowest BCUT2D eigenvalue weighted by molar-refractivity contribution is 0.588. The van der Waals surface area contributed by atoms with Crippen LogP contribution < -0.4 is 10.0 Å². The van der Waals surface area contributed by atoms with Crippen molar-refractivity contribution in [3.05, 3.63) is 24.3 Å². The molecule has 0 saturated heterocycles. The minimum atomic E-state index is -3.30. The predicted octanol–water partition coefficient (Wildman–Crippen LogP) is 0.0512. The van der Waals surface area contributed by atoms with Gasteiger partial charge in [0.2, 0.25) is 10.0 Å². The molecule has 0 atom stereocenters. The zero-order chi connectivity index (χ0) is 13.8. The average Bonchev–Trinajstić information content (AvgIpc) is 2.22. The fraction of sp³-hybridized carbons (Fsp3) is 0.400. The molecule has 0 aliphatic rings. The molecule has 0 fully saturated rings. The maximum Gasteiger partial charge on any atom is 0.208 e. The standard InChI is InChI=1S/C10H16N2O4S2/c1-17(13,14)10-6-4-3-5-9(10)11-7-8-12-18(2,15)16/h3-6,11-12H,7-8H2,1-2H3. The Hall–Kier alpha value is -1.12. The summed E-state index contributed by atoms with van der Waals surface area (Å²) in [4.78, 5) is 0.198. The number of sulfone groups is 1. The molecule has 6 nitrogen and oxygen atoms in total. The van der Waals surface area contributed by atoms with Gasteiger partial charge in [0.15, 0.2) is 9.84 Å². The molecule has 1 rings (SSSR count). The van der Waals surface area contributed by atoms with E-state index in [2.05, 4.69) is 10.0 Å². The molecule has 1 aromatic rings. The first kappa shape index (κ1) is 14.9. The predicted molar refractivity (Wildman–Crippen MR) is 70.9 cm³/mol. The van der Waals surface area contributed by atoms with E-state index >= 15 is 0 Å². The van der Waals surface area contributed by atoms with Gasteiger partial charge in [0.1, 0.15) is 0 Å². The number of hydrogen-bond donors (Lipinski definition) is 2. The van der Waals surface area contributed by atoms with Gasteiger partial charge in [-0.05, 0) is 12.1 Å². The normalized spacial score (nSPS) is 12.3. The van der Waals surface area contributed by atoms with E-state index in [0.29, 0.717) is 12.2 Å². The van der Waals surface area contributed by atoms with Crippen LogP contribution in [0.5, 0.6) is 0 Å². The molecule has 18 heavy (non-hydrogen) atoms. The zero-order valence-electron chi connectivity index (χ0n) is 10.2. The van der Waals surface area contributed by atoms with Crippen LogP contribution in [-0.4, -0.2) is 42.4 Å². The largest absolute Gasteiger partial charge is 0.383 e. The van der Waals surface area contributed by atoms with E-state index in [9.17, 15) is 16.8 Å². The molecule has 0 radical (unpaired) electrons. The lowest BCUT2D eigenvalue weighted by Gasteiger charge is -2.10. The first-order chi connectivity index (χ1) is 8.20. The molecular formula is C10H16N2O4S2. The first-order valence-electron chi connectivity index (χ1n) is 5.18. The molecule has 0 aliphatic carbocycles. The number of anilines is 1. The molecule has 0 heterocycles. The Kier molecular flexibility index (Phi) is 4.71. The molecule has 0 aliphatic heterocycles. The molecule has 102 valence electrons. The highest BCUT2D eigenvalue weighted by Gasteiger charge is 2.11. The summed E-state index contributed by atoms with van der Waals surface area (Å²) in [6, 6.07) is 6.48. The van der Waals surface area contributed by atoms with Crippen molar-refractivity contribution < 1.29 is 16.8 Å². The molecule has 1 aromatic carbocycles. The Morgan fingerprint density at radius 3 is 2.17 bits per heavy atom. The Bertz CT molecular complexity index is 609. The number of sulfonamides is 1. The van der Waals surface area contributed by atoms with Crippen LogP contribution >= 0.6 is 0 Å². The van der Waals surface area contributed by atoms with Gasteiger partial charge in [-0.3, -0.25) is 0 Å². The summed E-state index contributed by atoms with van der Waals surface area (Å²) in [5.74, 6) is 0. The van der Waals surface area contributed by atoms with Gasteiger partial charge in [0.25, 0.3) is 0 Å². The van der Waals surface area contributed by atoms with Crippen LogP contribution in [0.1, 0.15) is 0 Å². The second-order valence-corrected chi connectivity index (χ2v) is 7.68. The number of rotatable bonds is 6. The summed E-state index contributed by atoms with van der Waals surface area (Å²) < 4.78 is 47.0. The van der Waals surface area contributed by atoms with E-state index in [4.69, 9.17) is 0 Å². The summed E-state index contributed by atoms with van der Waals surface area (Å²) >= 11 is 0. The Morgan fingerprint density at radius 1 is 1.00 bits per heavy atom. The minimum Gasteiger partial charge on any atom is -0.383 e. The summed E-state index contributed by atoms with van der Waals surface area (Å²) in [5.41, 5.74) is 0.468. The van der Waals surface area contributed by atoms with E-state index in [1.54, 1.807) is 18.2 Å². The van der Waals surface area contributed by atoms with Gasteiger partial charge in [0, 0.05) is 19.3 Å². The Balaban J connectivity index is 2.69. The highest BCUT2D eigenvalue weighted by atomic mass is 32.2. The van der Waals surface area contributed by atoms with Crippen LogP contribution in [0, 0.1) is 0 Å². The van der Waals surface area contributed by atoms with Gasteiger partial charge in [-0.25, -0.2) is 21.6 Å². The summed E-state index contributed by atoms with van der Waals surface area (Å²) in [6.07, 6.45) is 2.19. The molecule has 0 saturated carbocycles. The second-order valence-electron chi connectivity index (χ2n) is 3.86. The highest BCUT2D eigenvalue weighted by molar-refractivity contribution is 7.90. The van der Waals surface area contributed by atoms with Crippen molar-refractivity contribution in [2.75, 3.05) is 30.9 Å². The van der Waals surface area contributed by atoms with Gasteiger partial charge in [0.05, 0.1) is 16.8 Å². The van der Waals surface area contributed by atoms with Crippen LogP contribution in [0.4, 0.5) is 5.69 Å². The summed E-state index contributed by atoms with van der Waals surface area (Å²) in [5, 5.41) is 2.89. The van der Waals surface area contributed by atoms with Crippen LogP contribution in [0.3, 0.4) is 0 Å². The molecule has 0 spiro atoms. The fourth-order valence-corrected chi connectivity index (χ4v) is 2.71. The SMILES string of the molecule is CS(=O)(=O)NCCNc1ccccc1S(C)(=O)=O. The second kappa shape index (κ2) is 5.68.